The SMILES string of the molecule is CC(C)(C)COc1nc(NC2CCCC2)c2cnn([C@@H]3O[C@H](COC(CO)(CO)P(=O)(O)O)[C@@H](O)[C@H]3O)c2n1. The van der Waals surface area contributed by atoms with Gasteiger partial charge in [-0.25, -0.2) is 4.68 Å². The van der Waals surface area contributed by atoms with E-state index in [1.807, 2.05) is 20.8 Å². The number of hydrogen-bond donors (Lipinski definition) is 7. The third kappa shape index (κ3) is 6.37. The van der Waals surface area contributed by atoms with E-state index in [1.54, 1.807) is 0 Å². The molecule has 0 unspecified atom stereocenters. The highest BCUT2D eigenvalue weighted by Gasteiger charge is 2.51. The molecule has 1 saturated heterocycles. The highest BCUT2D eigenvalue weighted by molar-refractivity contribution is 7.53. The van der Waals surface area contributed by atoms with E-state index >= 15 is 0 Å². The fourth-order valence-corrected chi connectivity index (χ4v) is 5.14. The van der Waals surface area contributed by atoms with Crippen LogP contribution in [0.1, 0.15) is 52.7 Å². The van der Waals surface area contributed by atoms with Gasteiger partial charge in [-0.2, -0.15) is 15.1 Å². The van der Waals surface area contributed by atoms with Gasteiger partial charge in [-0.1, -0.05) is 33.6 Å². The molecule has 0 spiro atoms. The second kappa shape index (κ2) is 11.5. The van der Waals surface area contributed by atoms with Crippen LogP contribution >= 0.6 is 7.60 Å². The zero-order valence-corrected chi connectivity index (χ0v) is 23.1. The maximum atomic E-state index is 11.8. The first-order chi connectivity index (χ1) is 18.3. The fourth-order valence-electron chi connectivity index (χ4n) is 4.53. The zero-order chi connectivity index (χ0) is 28.6. The highest BCUT2D eigenvalue weighted by Crippen LogP contribution is 2.51. The van der Waals surface area contributed by atoms with Crippen molar-refractivity contribution < 1.29 is 49.0 Å². The predicted molar refractivity (Wildman–Crippen MR) is 137 cm³/mol. The van der Waals surface area contributed by atoms with Crippen molar-refractivity contribution in [3.05, 3.63) is 6.20 Å². The molecule has 2 aliphatic rings. The van der Waals surface area contributed by atoms with E-state index < -0.39 is 57.3 Å². The summed E-state index contributed by atoms with van der Waals surface area (Å²) in [5.41, 5.74) is 0.119. The van der Waals surface area contributed by atoms with E-state index in [9.17, 15) is 34.8 Å². The van der Waals surface area contributed by atoms with Gasteiger partial charge in [0.15, 0.2) is 11.9 Å². The molecule has 0 radical (unpaired) electrons. The lowest BCUT2D eigenvalue weighted by Crippen LogP contribution is -2.44. The minimum Gasteiger partial charge on any atom is -0.463 e. The van der Waals surface area contributed by atoms with Gasteiger partial charge in [0.25, 0.3) is 0 Å². The molecule has 1 saturated carbocycles. The standard InChI is InChI=1S/C23H38N5O10P/c1-22(2,3)12-36-21-26-18(25-13-6-4-5-7-13)14-8-24-28(19(14)27-21)20-17(32)16(31)15(38-20)9-37-23(10-29,11-30)39(33,34)35/h8,13,15-17,20,29-32H,4-7,9-12H2,1-3H3,(H,25,26,27)(H2,33,34,35)/t15-,16-,17-,20-/m1/s1. The van der Waals surface area contributed by atoms with Crippen LogP contribution in [0.25, 0.3) is 11.0 Å². The van der Waals surface area contributed by atoms with Gasteiger partial charge in [-0.3, -0.25) is 4.57 Å². The average Bonchev–Trinajstić information content (AvgIpc) is 3.59. The molecule has 1 aliphatic carbocycles. The number of aromatic nitrogens is 4. The quantitative estimate of drug-likeness (QED) is 0.177. The van der Waals surface area contributed by atoms with Crippen LogP contribution in [-0.4, -0.2) is 106 Å². The maximum Gasteiger partial charge on any atom is 0.361 e. The summed E-state index contributed by atoms with van der Waals surface area (Å²) in [4.78, 5) is 28.2. The molecule has 39 heavy (non-hydrogen) atoms. The molecule has 0 amide bonds. The van der Waals surface area contributed by atoms with Crippen molar-refractivity contribution in [1.29, 1.82) is 0 Å². The highest BCUT2D eigenvalue weighted by atomic mass is 31.2. The number of aliphatic hydroxyl groups is 4. The lowest BCUT2D eigenvalue weighted by Gasteiger charge is -2.31. The molecule has 3 heterocycles. The molecule has 1 aliphatic heterocycles. The summed E-state index contributed by atoms with van der Waals surface area (Å²) in [5.74, 6) is 0.521. The van der Waals surface area contributed by atoms with Gasteiger partial charge < -0.3 is 49.7 Å². The smallest absolute Gasteiger partial charge is 0.361 e. The van der Waals surface area contributed by atoms with Crippen LogP contribution in [0.3, 0.4) is 0 Å². The molecule has 2 aromatic rings. The Balaban J connectivity index is 1.62. The van der Waals surface area contributed by atoms with Crippen molar-refractivity contribution in [3.63, 3.8) is 0 Å². The second-order valence-corrected chi connectivity index (χ2v) is 13.2. The number of hydrogen-bond acceptors (Lipinski definition) is 12. The summed E-state index contributed by atoms with van der Waals surface area (Å²) < 4.78 is 30.0. The number of nitrogens with one attached hydrogen (secondary N) is 1. The van der Waals surface area contributed by atoms with Crippen LogP contribution in [0.2, 0.25) is 0 Å². The third-order valence-electron chi connectivity index (χ3n) is 6.88. The summed E-state index contributed by atoms with van der Waals surface area (Å²) >= 11 is 0. The van der Waals surface area contributed by atoms with Crippen molar-refractivity contribution >= 4 is 24.4 Å². The molecule has 16 heteroatoms. The van der Waals surface area contributed by atoms with E-state index in [-0.39, 0.29) is 23.1 Å². The number of fused-ring (bicyclic) bond motifs is 1. The summed E-state index contributed by atoms with van der Waals surface area (Å²) in [6.07, 6.45) is 0.136. The fraction of sp³-hybridized carbons (Fsp3) is 0.783. The third-order valence-corrected chi connectivity index (χ3v) is 8.36. The van der Waals surface area contributed by atoms with Gasteiger partial charge >= 0.3 is 13.6 Å². The van der Waals surface area contributed by atoms with E-state index in [1.165, 1.54) is 10.9 Å². The summed E-state index contributed by atoms with van der Waals surface area (Å²) in [5, 5.41) is 46.2. The van der Waals surface area contributed by atoms with Gasteiger partial charge in [0.1, 0.15) is 24.1 Å². The Kier molecular flexibility index (Phi) is 8.86. The first-order valence-electron chi connectivity index (χ1n) is 12.9. The number of rotatable bonds is 11. The molecular formula is C23H38N5O10P. The molecule has 0 aromatic carbocycles. The van der Waals surface area contributed by atoms with Crippen molar-refractivity contribution in [2.45, 2.75) is 82.4 Å². The molecular weight excluding hydrogens is 537 g/mol. The van der Waals surface area contributed by atoms with Crippen LogP contribution in [0.4, 0.5) is 5.82 Å². The molecule has 7 N–H and O–H groups in total. The summed E-state index contributed by atoms with van der Waals surface area (Å²) in [6.45, 7) is 3.35. The van der Waals surface area contributed by atoms with Crippen molar-refractivity contribution in [3.8, 4) is 6.01 Å². The van der Waals surface area contributed by atoms with Crippen molar-refractivity contribution in [2.75, 3.05) is 31.7 Å². The summed E-state index contributed by atoms with van der Waals surface area (Å²) in [7, 11) is -5.11. The maximum absolute atomic E-state index is 11.8. The summed E-state index contributed by atoms with van der Waals surface area (Å²) in [6, 6.07) is 0.329. The van der Waals surface area contributed by atoms with Gasteiger partial charge in [0.2, 0.25) is 5.34 Å². The minimum atomic E-state index is -5.11. The Morgan fingerprint density at radius 1 is 1.13 bits per heavy atom. The lowest BCUT2D eigenvalue weighted by atomic mass is 9.99. The van der Waals surface area contributed by atoms with Gasteiger partial charge in [0.05, 0.1) is 38.0 Å². The number of ether oxygens (including phenoxy) is 3. The van der Waals surface area contributed by atoms with Crippen LogP contribution < -0.4 is 10.1 Å². The molecule has 4 atom stereocenters. The monoisotopic (exact) mass is 575 g/mol. The molecule has 15 nitrogen and oxygen atoms in total. The van der Waals surface area contributed by atoms with Gasteiger partial charge in [-0.05, 0) is 18.3 Å². The number of anilines is 1. The Morgan fingerprint density at radius 2 is 1.79 bits per heavy atom. The predicted octanol–water partition coefficient (Wildman–Crippen LogP) is 0.100. The molecule has 0 bridgehead atoms. The first kappa shape index (κ1) is 30.0. The van der Waals surface area contributed by atoms with Crippen molar-refractivity contribution in [1.82, 2.24) is 19.7 Å². The molecule has 2 aromatic heterocycles. The largest absolute Gasteiger partial charge is 0.463 e. The average molecular weight is 576 g/mol. The Labute approximate surface area is 225 Å². The Hall–Kier alpha value is -1.94. The minimum absolute atomic E-state index is 0.102. The first-order valence-corrected chi connectivity index (χ1v) is 14.5. The van der Waals surface area contributed by atoms with E-state index in [0.29, 0.717) is 17.8 Å². The Morgan fingerprint density at radius 3 is 2.38 bits per heavy atom. The van der Waals surface area contributed by atoms with E-state index in [4.69, 9.17) is 14.2 Å². The lowest BCUT2D eigenvalue weighted by molar-refractivity contribution is -0.121. The van der Waals surface area contributed by atoms with E-state index in [0.717, 1.165) is 25.7 Å². The normalized spacial score (nSPS) is 25.1. The van der Waals surface area contributed by atoms with E-state index in [2.05, 4.69) is 20.4 Å². The zero-order valence-electron chi connectivity index (χ0n) is 22.2. The van der Waals surface area contributed by atoms with Crippen LogP contribution in [0.15, 0.2) is 6.20 Å². The molecule has 4 rings (SSSR count). The second-order valence-electron chi connectivity index (χ2n) is 11.3. The molecule has 220 valence electrons. The van der Waals surface area contributed by atoms with Crippen molar-refractivity contribution in [2.24, 2.45) is 5.41 Å². The Bertz CT molecular complexity index is 1170. The number of nitrogens with zero attached hydrogens (tertiary/aromatic N) is 4. The molecule has 2 fully saturated rings. The number of aliphatic hydroxyl groups excluding tert-OH is 4. The van der Waals surface area contributed by atoms with Crippen LogP contribution in [0.5, 0.6) is 6.01 Å². The van der Waals surface area contributed by atoms with Gasteiger partial charge in [-0.15, -0.1) is 0 Å². The van der Waals surface area contributed by atoms with Gasteiger partial charge in [0, 0.05) is 6.04 Å². The van der Waals surface area contributed by atoms with Crippen LogP contribution in [0, 0.1) is 5.41 Å². The van der Waals surface area contributed by atoms with Crippen LogP contribution in [-0.2, 0) is 14.0 Å². The topological polar surface area (TPSA) is 222 Å².